The number of non-ortho nitro benzene ring substituents is 1. The fourth-order valence-electron chi connectivity index (χ4n) is 2.65. The number of hydrogen-bond acceptors (Lipinski definition) is 7. The van der Waals surface area contributed by atoms with Gasteiger partial charge in [0.2, 0.25) is 15.9 Å². The van der Waals surface area contributed by atoms with Crippen LogP contribution in [0.4, 0.5) is 5.69 Å². The molecule has 1 aromatic carbocycles. The molecule has 0 radical (unpaired) electrons. The Morgan fingerprint density at radius 3 is 2.88 bits per heavy atom. The van der Waals surface area contributed by atoms with Crippen LogP contribution in [0.25, 0.3) is 0 Å². The molecule has 0 saturated carbocycles. The minimum absolute atomic E-state index is 0.0932. The summed E-state index contributed by atoms with van der Waals surface area (Å²) >= 11 is 0. The van der Waals surface area contributed by atoms with Crippen LogP contribution in [-0.4, -0.2) is 46.8 Å². The quantitative estimate of drug-likeness (QED) is 0.584. The first kappa shape index (κ1) is 17.2. The zero-order valence-corrected chi connectivity index (χ0v) is 14.0. The Balaban J connectivity index is 1.78. The third-order valence-corrected chi connectivity index (χ3v) is 5.71. The van der Waals surface area contributed by atoms with Gasteiger partial charge in [0.15, 0.2) is 0 Å². The predicted molar refractivity (Wildman–Crippen MR) is 87.5 cm³/mol. The van der Waals surface area contributed by atoms with E-state index in [1.807, 2.05) is 0 Å². The number of benzene rings is 1. The Morgan fingerprint density at radius 1 is 1.32 bits per heavy atom. The van der Waals surface area contributed by atoms with E-state index in [0.29, 0.717) is 25.3 Å². The third kappa shape index (κ3) is 3.91. The summed E-state index contributed by atoms with van der Waals surface area (Å²) in [6, 6.07) is 6.66. The average molecular weight is 364 g/mol. The summed E-state index contributed by atoms with van der Waals surface area (Å²) in [4.78, 5) is 17.9. The second-order valence-electron chi connectivity index (χ2n) is 5.55. The van der Waals surface area contributed by atoms with Crippen LogP contribution in [0.2, 0.25) is 0 Å². The van der Waals surface area contributed by atoms with Gasteiger partial charge in [-0.1, -0.05) is 6.07 Å². The first-order valence-corrected chi connectivity index (χ1v) is 9.08. The Bertz CT molecular complexity index is 859. The van der Waals surface area contributed by atoms with Crippen molar-refractivity contribution in [3.8, 4) is 5.88 Å². The first-order chi connectivity index (χ1) is 12.0. The van der Waals surface area contributed by atoms with Gasteiger partial charge in [-0.15, -0.1) is 0 Å². The van der Waals surface area contributed by atoms with E-state index in [4.69, 9.17) is 4.74 Å². The molecule has 0 spiro atoms. The van der Waals surface area contributed by atoms with Gasteiger partial charge in [0.1, 0.15) is 12.4 Å². The third-order valence-electron chi connectivity index (χ3n) is 3.85. The topological polar surface area (TPSA) is 116 Å². The molecule has 3 rings (SSSR count). The molecule has 1 unspecified atom stereocenters. The number of ether oxygens (including phenoxy) is 1. The Morgan fingerprint density at radius 2 is 2.16 bits per heavy atom. The molecule has 0 aliphatic carbocycles. The van der Waals surface area contributed by atoms with Gasteiger partial charge in [0.25, 0.3) is 5.69 Å². The maximum Gasteiger partial charge on any atom is 0.270 e. The van der Waals surface area contributed by atoms with E-state index in [1.54, 1.807) is 12.3 Å². The summed E-state index contributed by atoms with van der Waals surface area (Å²) in [5, 5.41) is 10.9. The van der Waals surface area contributed by atoms with Crippen molar-refractivity contribution in [2.75, 3.05) is 13.1 Å². The molecule has 132 valence electrons. The van der Waals surface area contributed by atoms with E-state index in [1.165, 1.54) is 28.8 Å². The first-order valence-electron chi connectivity index (χ1n) is 7.64. The Labute approximate surface area is 144 Å². The second kappa shape index (κ2) is 7.11. The Hall–Kier alpha value is -2.59. The van der Waals surface area contributed by atoms with Crippen LogP contribution in [0.3, 0.4) is 0 Å². The highest BCUT2D eigenvalue weighted by Gasteiger charge is 2.32. The van der Waals surface area contributed by atoms with Crippen LogP contribution in [0.5, 0.6) is 5.88 Å². The van der Waals surface area contributed by atoms with Gasteiger partial charge < -0.3 is 4.74 Å². The number of aromatic nitrogens is 2. The molecule has 1 aliphatic heterocycles. The van der Waals surface area contributed by atoms with Gasteiger partial charge >= 0.3 is 0 Å². The maximum absolute atomic E-state index is 12.8. The van der Waals surface area contributed by atoms with Crippen molar-refractivity contribution in [1.82, 2.24) is 14.3 Å². The van der Waals surface area contributed by atoms with Gasteiger partial charge in [-0.25, -0.2) is 18.4 Å². The molecule has 0 bridgehead atoms. The zero-order chi connectivity index (χ0) is 17.9. The average Bonchev–Trinajstić information content (AvgIpc) is 2.63. The van der Waals surface area contributed by atoms with Crippen molar-refractivity contribution < 1.29 is 18.1 Å². The van der Waals surface area contributed by atoms with E-state index in [9.17, 15) is 18.5 Å². The highest BCUT2D eigenvalue weighted by molar-refractivity contribution is 7.89. The molecule has 2 aromatic rings. The monoisotopic (exact) mass is 364 g/mol. The van der Waals surface area contributed by atoms with Crippen LogP contribution in [0.1, 0.15) is 12.8 Å². The number of nitro benzene ring substituents is 1. The predicted octanol–water partition coefficient (Wildman–Crippen LogP) is 1.62. The SMILES string of the molecule is O=[N+]([O-])c1cccc(S(=O)(=O)N2CCCC(Oc3ccncn3)C2)c1. The van der Waals surface area contributed by atoms with Crippen molar-refractivity contribution in [3.05, 3.63) is 53.0 Å². The molecule has 0 amide bonds. The fourth-order valence-corrected chi connectivity index (χ4v) is 4.20. The Kier molecular flexibility index (Phi) is 4.91. The van der Waals surface area contributed by atoms with E-state index in [-0.39, 0.29) is 23.2 Å². The van der Waals surface area contributed by atoms with Crippen molar-refractivity contribution >= 4 is 15.7 Å². The second-order valence-corrected chi connectivity index (χ2v) is 7.49. The molecular formula is C15H16N4O5S. The molecule has 2 heterocycles. The number of hydrogen-bond donors (Lipinski definition) is 0. The molecule has 1 fully saturated rings. The fraction of sp³-hybridized carbons (Fsp3) is 0.333. The maximum atomic E-state index is 12.8. The number of piperidine rings is 1. The molecule has 1 aliphatic rings. The molecular weight excluding hydrogens is 348 g/mol. The summed E-state index contributed by atoms with van der Waals surface area (Å²) in [6.45, 7) is 0.504. The van der Waals surface area contributed by atoms with E-state index in [0.717, 1.165) is 6.07 Å². The lowest BCUT2D eigenvalue weighted by Gasteiger charge is -2.31. The van der Waals surface area contributed by atoms with Gasteiger partial charge in [-0.05, 0) is 18.9 Å². The molecule has 25 heavy (non-hydrogen) atoms. The van der Waals surface area contributed by atoms with Crippen molar-refractivity contribution in [2.45, 2.75) is 23.8 Å². The molecule has 1 saturated heterocycles. The van der Waals surface area contributed by atoms with E-state index >= 15 is 0 Å². The van der Waals surface area contributed by atoms with Crippen LogP contribution >= 0.6 is 0 Å². The van der Waals surface area contributed by atoms with E-state index in [2.05, 4.69) is 9.97 Å². The van der Waals surface area contributed by atoms with Crippen LogP contribution in [-0.2, 0) is 10.0 Å². The van der Waals surface area contributed by atoms with Gasteiger partial charge in [0.05, 0.1) is 16.4 Å². The number of nitro groups is 1. The summed E-state index contributed by atoms with van der Waals surface area (Å²) < 4.78 is 32.6. The van der Waals surface area contributed by atoms with Crippen molar-refractivity contribution in [1.29, 1.82) is 0 Å². The van der Waals surface area contributed by atoms with Crippen molar-refractivity contribution in [2.24, 2.45) is 0 Å². The van der Waals surface area contributed by atoms with Gasteiger partial charge in [0, 0.05) is 30.9 Å². The molecule has 1 aromatic heterocycles. The molecule has 10 heteroatoms. The number of sulfonamides is 1. The smallest absolute Gasteiger partial charge is 0.270 e. The van der Waals surface area contributed by atoms with E-state index < -0.39 is 14.9 Å². The highest BCUT2D eigenvalue weighted by atomic mass is 32.2. The summed E-state index contributed by atoms with van der Waals surface area (Å²) in [6.07, 6.45) is 3.89. The largest absolute Gasteiger partial charge is 0.473 e. The van der Waals surface area contributed by atoms with Crippen LogP contribution in [0.15, 0.2) is 47.8 Å². The standard InChI is InChI=1S/C15H16N4O5S/c20-19(21)12-3-1-5-14(9-12)25(22,23)18-8-2-4-13(10-18)24-15-6-7-16-11-17-15/h1,3,5-7,9,11,13H,2,4,8,10H2. The highest BCUT2D eigenvalue weighted by Crippen LogP contribution is 2.25. The van der Waals surface area contributed by atoms with Gasteiger partial charge in [-0.2, -0.15) is 4.31 Å². The summed E-state index contributed by atoms with van der Waals surface area (Å²) in [5.74, 6) is 0.384. The lowest BCUT2D eigenvalue weighted by atomic mass is 10.1. The molecule has 0 N–H and O–H groups in total. The lowest BCUT2D eigenvalue weighted by Crippen LogP contribution is -2.44. The van der Waals surface area contributed by atoms with Crippen LogP contribution in [0, 0.1) is 10.1 Å². The normalized spacial score (nSPS) is 18.6. The zero-order valence-electron chi connectivity index (χ0n) is 13.2. The lowest BCUT2D eigenvalue weighted by molar-refractivity contribution is -0.385. The molecule has 1 atom stereocenters. The van der Waals surface area contributed by atoms with Gasteiger partial charge in [-0.3, -0.25) is 10.1 Å². The summed E-state index contributed by atoms with van der Waals surface area (Å²) in [7, 11) is -3.83. The minimum atomic E-state index is -3.83. The summed E-state index contributed by atoms with van der Waals surface area (Å²) in [5.41, 5.74) is -0.258. The molecule has 9 nitrogen and oxygen atoms in total. The minimum Gasteiger partial charge on any atom is -0.473 e. The number of rotatable bonds is 5. The van der Waals surface area contributed by atoms with Crippen LogP contribution < -0.4 is 4.74 Å². The number of nitrogens with zero attached hydrogens (tertiary/aromatic N) is 4. The van der Waals surface area contributed by atoms with Crippen molar-refractivity contribution in [3.63, 3.8) is 0 Å².